The smallest absolute Gasteiger partial charge is 0.320 e. The van der Waals surface area contributed by atoms with Crippen LogP contribution in [0, 0.1) is 22.7 Å². The highest BCUT2D eigenvalue weighted by Crippen LogP contribution is 2.69. The summed E-state index contributed by atoms with van der Waals surface area (Å²) in [6.07, 6.45) is 6.32. The molecule has 22 heavy (non-hydrogen) atoms. The topological polar surface area (TPSA) is 52.6 Å². The lowest BCUT2D eigenvalue weighted by atomic mass is 9.43. The van der Waals surface area contributed by atoms with Gasteiger partial charge in [-0.15, -0.1) is 0 Å². The van der Waals surface area contributed by atoms with Crippen molar-refractivity contribution in [1.82, 2.24) is 0 Å². The quantitative estimate of drug-likeness (QED) is 0.499. The maximum atomic E-state index is 12.1. The molecule has 0 heterocycles. The van der Waals surface area contributed by atoms with Crippen LogP contribution in [0.2, 0.25) is 0 Å². The molecule has 6 heteroatoms. The minimum absolute atomic E-state index is 0.0861. The first kappa shape index (κ1) is 16.7. The van der Waals surface area contributed by atoms with Gasteiger partial charge < -0.3 is 9.47 Å². The molecular formula is C16H22Br2O4. The Morgan fingerprint density at radius 2 is 1.27 bits per heavy atom. The number of ether oxygens (including phenoxy) is 2. The second kappa shape index (κ2) is 5.76. The van der Waals surface area contributed by atoms with Crippen molar-refractivity contribution in [3.63, 3.8) is 0 Å². The number of carbonyl (C=O) groups is 2. The van der Waals surface area contributed by atoms with Crippen molar-refractivity contribution >= 4 is 43.8 Å². The van der Waals surface area contributed by atoms with Gasteiger partial charge in [-0.2, -0.15) is 0 Å². The van der Waals surface area contributed by atoms with Gasteiger partial charge in [0.15, 0.2) is 0 Å². The fraction of sp³-hybridized carbons (Fsp3) is 0.875. The van der Waals surface area contributed by atoms with E-state index in [-0.39, 0.29) is 32.4 Å². The molecule has 0 spiro atoms. The average molecular weight is 438 g/mol. The number of halogens is 2. The summed E-state index contributed by atoms with van der Waals surface area (Å²) < 4.78 is 9.95. The first-order chi connectivity index (χ1) is 10.4. The molecule has 4 bridgehead atoms. The van der Waals surface area contributed by atoms with E-state index in [1.54, 1.807) is 0 Å². The maximum absolute atomic E-state index is 12.1. The number of carbonyl (C=O) groups excluding carboxylic acids is 2. The molecule has 4 saturated carbocycles. The van der Waals surface area contributed by atoms with Crippen LogP contribution < -0.4 is 0 Å². The Balaban J connectivity index is 1.93. The largest absolute Gasteiger partial charge is 0.468 e. The van der Waals surface area contributed by atoms with E-state index in [1.807, 2.05) is 0 Å². The van der Waals surface area contributed by atoms with Gasteiger partial charge in [-0.25, -0.2) is 0 Å². The molecule has 0 N–H and O–H groups in total. The minimum atomic E-state index is -0.285. The highest BCUT2D eigenvalue weighted by atomic mass is 79.9. The summed E-state index contributed by atoms with van der Waals surface area (Å²) in [5.41, 5.74) is -0.172. The van der Waals surface area contributed by atoms with Gasteiger partial charge >= 0.3 is 11.9 Å². The van der Waals surface area contributed by atoms with Crippen molar-refractivity contribution in [3.8, 4) is 0 Å². The zero-order valence-corrected chi connectivity index (χ0v) is 16.1. The Bertz CT molecular complexity index is 439. The molecule has 4 rings (SSSR count). The zero-order valence-electron chi connectivity index (χ0n) is 12.9. The fourth-order valence-corrected chi connectivity index (χ4v) is 7.15. The molecular weight excluding hydrogens is 416 g/mol. The SMILES string of the molecule is COC(=O)[C@@H](Br)C12CC3CC(C1)CC([C@H](Br)C(=O)OC)(C3)C2. The molecule has 0 aliphatic heterocycles. The van der Waals surface area contributed by atoms with Gasteiger partial charge in [-0.1, -0.05) is 31.9 Å². The predicted molar refractivity (Wildman–Crippen MR) is 89.0 cm³/mol. The van der Waals surface area contributed by atoms with Gasteiger partial charge in [-0.3, -0.25) is 9.59 Å². The molecule has 0 radical (unpaired) electrons. The first-order valence-electron chi connectivity index (χ1n) is 7.79. The zero-order chi connectivity index (χ0) is 16.1. The van der Waals surface area contributed by atoms with Crippen LogP contribution in [0.5, 0.6) is 0 Å². The van der Waals surface area contributed by atoms with Crippen LogP contribution in [-0.4, -0.2) is 35.8 Å². The Morgan fingerprint density at radius 1 is 0.909 bits per heavy atom. The summed E-state index contributed by atoms with van der Waals surface area (Å²) in [4.78, 5) is 23.7. The molecule has 0 saturated heterocycles. The number of alkyl halides is 2. The van der Waals surface area contributed by atoms with Crippen molar-refractivity contribution in [2.45, 2.75) is 48.2 Å². The van der Waals surface area contributed by atoms with E-state index in [4.69, 9.17) is 9.47 Å². The van der Waals surface area contributed by atoms with E-state index in [0.29, 0.717) is 11.8 Å². The highest BCUT2D eigenvalue weighted by molar-refractivity contribution is 9.10. The summed E-state index contributed by atoms with van der Waals surface area (Å²) in [5, 5.41) is 0. The molecule has 0 aromatic rings. The third-order valence-electron chi connectivity index (χ3n) is 6.04. The number of rotatable bonds is 4. The van der Waals surface area contributed by atoms with Gasteiger partial charge in [0.05, 0.1) is 14.2 Å². The van der Waals surface area contributed by atoms with Crippen LogP contribution in [0.3, 0.4) is 0 Å². The average Bonchev–Trinajstić information content (AvgIpc) is 2.50. The van der Waals surface area contributed by atoms with E-state index in [0.717, 1.165) is 32.1 Å². The van der Waals surface area contributed by atoms with Crippen molar-refractivity contribution in [3.05, 3.63) is 0 Å². The molecule has 0 unspecified atom stereocenters. The monoisotopic (exact) mass is 436 g/mol. The second-order valence-electron chi connectivity index (χ2n) is 7.46. The lowest BCUT2D eigenvalue weighted by Crippen LogP contribution is -2.60. The fourth-order valence-electron chi connectivity index (χ4n) is 5.71. The van der Waals surface area contributed by atoms with E-state index in [1.165, 1.54) is 20.6 Å². The van der Waals surface area contributed by atoms with Gasteiger partial charge in [0.25, 0.3) is 0 Å². The Labute approximate surface area is 147 Å². The minimum Gasteiger partial charge on any atom is -0.468 e. The molecule has 4 aliphatic rings. The maximum Gasteiger partial charge on any atom is 0.320 e. The van der Waals surface area contributed by atoms with Gasteiger partial charge in [0.1, 0.15) is 9.65 Å². The van der Waals surface area contributed by atoms with Crippen molar-refractivity contribution in [1.29, 1.82) is 0 Å². The van der Waals surface area contributed by atoms with Crippen LogP contribution in [-0.2, 0) is 19.1 Å². The van der Waals surface area contributed by atoms with Gasteiger partial charge in [0, 0.05) is 0 Å². The molecule has 0 aromatic carbocycles. The highest BCUT2D eigenvalue weighted by Gasteiger charge is 2.63. The Kier molecular flexibility index (Phi) is 4.39. The van der Waals surface area contributed by atoms with Crippen molar-refractivity contribution < 1.29 is 19.1 Å². The Hall–Kier alpha value is -0.100. The number of hydrogen-bond donors (Lipinski definition) is 0. The van der Waals surface area contributed by atoms with Crippen LogP contribution in [0.4, 0.5) is 0 Å². The van der Waals surface area contributed by atoms with Gasteiger partial charge in [-0.05, 0) is 61.2 Å². The van der Waals surface area contributed by atoms with Gasteiger partial charge in [0.2, 0.25) is 0 Å². The molecule has 2 atom stereocenters. The summed E-state index contributed by atoms with van der Waals surface area (Å²) in [7, 11) is 2.88. The van der Waals surface area contributed by atoms with Crippen LogP contribution in [0.25, 0.3) is 0 Å². The van der Waals surface area contributed by atoms with E-state index in [2.05, 4.69) is 31.9 Å². The molecule has 0 aromatic heterocycles. The van der Waals surface area contributed by atoms with Crippen LogP contribution >= 0.6 is 31.9 Å². The van der Waals surface area contributed by atoms with E-state index >= 15 is 0 Å². The Morgan fingerprint density at radius 3 is 1.59 bits per heavy atom. The molecule has 4 aliphatic carbocycles. The number of esters is 2. The molecule has 0 amide bonds. The normalized spacial score (nSPS) is 41.8. The summed E-state index contributed by atoms with van der Waals surface area (Å²) in [6.45, 7) is 0. The summed E-state index contributed by atoms with van der Waals surface area (Å²) in [5.74, 6) is 0.800. The lowest BCUT2D eigenvalue weighted by molar-refractivity contribution is -0.159. The molecule has 4 fully saturated rings. The van der Waals surface area contributed by atoms with Crippen LogP contribution in [0.1, 0.15) is 38.5 Å². The summed E-state index contributed by atoms with van der Waals surface area (Å²) in [6, 6.07) is 0. The predicted octanol–water partition coefficient (Wildman–Crippen LogP) is 3.45. The van der Waals surface area contributed by atoms with Crippen molar-refractivity contribution in [2.75, 3.05) is 14.2 Å². The van der Waals surface area contributed by atoms with E-state index in [9.17, 15) is 9.59 Å². The first-order valence-corrected chi connectivity index (χ1v) is 9.63. The number of hydrogen-bond acceptors (Lipinski definition) is 4. The van der Waals surface area contributed by atoms with Crippen molar-refractivity contribution in [2.24, 2.45) is 22.7 Å². The standard InChI is InChI=1S/C16H22Br2O4/c1-21-13(19)11(17)15-4-9-3-10(5-15)7-16(6-9,8-15)12(18)14(20)22-2/h9-12H,3-8H2,1-2H3/t9?,10?,11-,12-,15?,16?/m1/s1. The van der Waals surface area contributed by atoms with E-state index < -0.39 is 0 Å². The van der Waals surface area contributed by atoms with Crippen LogP contribution in [0.15, 0.2) is 0 Å². The third kappa shape index (κ3) is 2.45. The second-order valence-corrected chi connectivity index (χ2v) is 9.29. The number of methoxy groups -OCH3 is 2. The molecule has 124 valence electrons. The molecule has 4 nitrogen and oxygen atoms in total. The lowest BCUT2D eigenvalue weighted by Gasteiger charge is -2.63. The summed E-state index contributed by atoms with van der Waals surface area (Å²) >= 11 is 7.23. The third-order valence-corrected chi connectivity index (χ3v) is 8.73.